The number of pyridine rings is 1. The van der Waals surface area contributed by atoms with Crippen LogP contribution in [0.15, 0.2) is 42.6 Å². The molecule has 2 N–H and O–H groups in total. The van der Waals surface area contributed by atoms with Crippen LogP contribution in [0.5, 0.6) is 11.6 Å². The van der Waals surface area contributed by atoms with Gasteiger partial charge in [-0.15, -0.1) is 0 Å². The van der Waals surface area contributed by atoms with E-state index in [4.69, 9.17) is 14.6 Å². The third kappa shape index (κ3) is 5.34. The summed E-state index contributed by atoms with van der Waals surface area (Å²) in [5, 5.41) is 18.5. The predicted octanol–water partition coefficient (Wildman–Crippen LogP) is 4.55. The second-order valence-corrected chi connectivity index (χ2v) is 8.98. The maximum Gasteiger partial charge on any atom is 0.213 e. The van der Waals surface area contributed by atoms with Gasteiger partial charge in [0.1, 0.15) is 30.9 Å². The summed E-state index contributed by atoms with van der Waals surface area (Å²) in [5.74, 6) is 1.44. The van der Waals surface area contributed by atoms with E-state index < -0.39 is 6.10 Å². The highest BCUT2D eigenvalue weighted by Gasteiger charge is 2.19. The fourth-order valence-corrected chi connectivity index (χ4v) is 4.48. The standard InChI is InChI=1S/C27H30FNO4/c1-16-6-20-11-26(29-12-21(20)7-16)33-14-22-10-19(4-5-25(22)28)27-17(2)8-24(9-18(27)3)32-15-23(31)13-30/h4-5,8-12,16,23,30-31H,6-7,13-15H2,1-3H3/t16-,23?/m0/s1. The van der Waals surface area contributed by atoms with Crippen molar-refractivity contribution in [3.8, 4) is 22.8 Å². The van der Waals surface area contributed by atoms with Crippen molar-refractivity contribution in [2.45, 2.75) is 46.3 Å². The molecule has 0 spiro atoms. The first-order valence-corrected chi connectivity index (χ1v) is 11.3. The largest absolute Gasteiger partial charge is 0.491 e. The zero-order valence-electron chi connectivity index (χ0n) is 19.3. The Morgan fingerprint density at radius 3 is 2.52 bits per heavy atom. The van der Waals surface area contributed by atoms with E-state index in [-0.39, 0.29) is 25.6 Å². The molecule has 174 valence electrons. The van der Waals surface area contributed by atoms with Gasteiger partial charge in [0.15, 0.2) is 0 Å². The molecule has 2 atom stereocenters. The van der Waals surface area contributed by atoms with Gasteiger partial charge in [-0.05, 0) is 90.3 Å². The van der Waals surface area contributed by atoms with Crippen LogP contribution in [0.3, 0.4) is 0 Å². The van der Waals surface area contributed by atoms with Crippen molar-refractivity contribution in [3.05, 3.63) is 76.2 Å². The Hall–Kier alpha value is -2.96. The van der Waals surface area contributed by atoms with Gasteiger partial charge in [-0.3, -0.25) is 0 Å². The summed E-state index contributed by atoms with van der Waals surface area (Å²) in [5.41, 5.74) is 6.83. The molecule has 1 aliphatic rings. The smallest absolute Gasteiger partial charge is 0.213 e. The minimum atomic E-state index is -0.923. The van der Waals surface area contributed by atoms with E-state index in [1.807, 2.05) is 44.3 Å². The number of rotatable bonds is 8. The molecular weight excluding hydrogens is 421 g/mol. The predicted molar refractivity (Wildman–Crippen MR) is 125 cm³/mol. The lowest BCUT2D eigenvalue weighted by Crippen LogP contribution is -2.21. The zero-order chi connectivity index (χ0) is 23.5. The first-order valence-electron chi connectivity index (χ1n) is 11.3. The molecule has 0 saturated heterocycles. The third-order valence-corrected chi connectivity index (χ3v) is 6.06. The lowest BCUT2D eigenvalue weighted by molar-refractivity contribution is 0.0536. The number of hydrogen-bond acceptors (Lipinski definition) is 5. The van der Waals surface area contributed by atoms with Crippen molar-refractivity contribution in [2.24, 2.45) is 5.92 Å². The van der Waals surface area contributed by atoms with Gasteiger partial charge < -0.3 is 19.7 Å². The van der Waals surface area contributed by atoms with E-state index in [9.17, 15) is 9.50 Å². The summed E-state index contributed by atoms with van der Waals surface area (Å²) in [4.78, 5) is 4.39. The zero-order valence-corrected chi connectivity index (χ0v) is 19.3. The van der Waals surface area contributed by atoms with E-state index in [0.29, 0.717) is 23.1 Å². The topological polar surface area (TPSA) is 71.8 Å². The first-order chi connectivity index (χ1) is 15.8. The molecule has 2 aromatic carbocycles. The highest BCUT2D eigenvalue weighted by molar-refractivity contribution is 5.72. The summed E-state index contributed by atoms with van der Waals surface area (Å²) in [6.07, 6.45) is 3.02. The van der Waals surface area contributed by atoms with E-state index in [1.165, 1.54) is 17.2 Å². The third-order valence-electron chi connectivity index (χ3n) is 6.06. The van der Waals surface area contributed by atoms with Gasteiger partial charge in [-0.2, -0.15) is 0 Å². The van der Waals surface area contributed by atoms with Gasteiger partial charge in [0, 0.05) is 17.8 Å². The normalized spacial score (nSPS) is 15.9. The van der Waals surface area contributed by atoms with Crippen LogP contribution < -0.4 is 9.47 Å². The van der Waals surface area contributed by atoms with Gasteiger partial charge in [-0.1, -0.05) is 13.0 Å². The van der Waals surface area contributed by atoms with Crippen LogP contribution in [-0.4, -0.2) is 34.5 Å². The Kier molecular flexibility index (Phi) is 6.96. The summed E-state index contributed by atoms with van der Waals surface area (Å²) in [7, 11) is 0. The van der Waals surface area contributed by atoms with Crippen LogP contribution in [0, 0.1) is 25.6 Å². The fourth-order valence-electron chi connectivity index (χ4n) is 4.48. The average Bonchev–Trinajstić information content (AvgIpc) is 3.16. The Balaban J connectivity index is 1.52. The molecule has 3 aromatic rings. The molecule has 0 saturated carbocycles. The number of aromatic nitrogens is 1. The molecule has 1 unspecified atom stereocenters. The number of aliphatic hydroxyl groups excluding tert-OH is 2. The maximum absolute atomic E-state index is 14.6. The van der Waals surface area contributed by atoms with Crippen LogP contribution in [0.4, 0.5) is 4.39 Å². The maximum atomic E-state index is 14.6. The summed E-state index contributed by atoms with van der Waals surface area (Å²) < 4.78 is 26.0. The minimum absolute atomic E-state index is 0.0163. The van der Waals surface area contributed by atoms with Crippen LogP contribution in [0.1, 0.15) is 34.7 Å². The van der Waals surface area contributed by atoms with E-state index in [0.717, 1.165) is 35.1 Å². The van der Waals surface area contributed by atoms with Crippen molar-refractivity contribution in [2.75, 3.05) is 13.2 Å². The van der Waals surface area contributed by atoms with E-state index >= 15 is 0 Å². The SMILES string of the molecule is Cc1cc(OCC(O)CO)cc(C)c1-c1ccc(F)c(COc2cc3c(cn2)C[C@@H](C)C3)c1. The molecule has 4 rings (SSSR count). The quantitative estimate of drug-likeness (QED) is 0.526. The van der Waals surface area contributed by atoms with Crippen LogP contribution >= 0.6 is 0 Å². The van der Waals surface area contributed by atoms with Gasteiger partial charge in [-0.25, -0.2) is 9.37 Å². The molecule has 33 heavy (non-hydrogen) atoms. The van der Waals surface area contributed by atoms with Gasteiger partial charge in [0.05, 0.1) is 6.61 Å². The molecule has 0 fully saturated rings. The molecule has 1 aromatic heterocycles. The number of fused-ring (bicyclic) bond motifs is 1. The number of ether oxygens (including phenoxy) is 2. The van der Waals surface area contributed by atoms with Crippen LogP contribution in [0.25, 0.3) is 11.1 Å². The van der Waals surface area contributed by atoms with Crippen molar-refractivity contribution in [3.63, 3.8) is 0 Å². The summed E-state index contributed by atoms with van der Waals surface area (Å²) >= 11 is 0. The number of hydrogen-bond donors (Lipinski definition) is 2. The molecule has 0 radical (unpaired) electrons. The molecule has 6 heteroatoms. The van der Waals surface area contributed by atoms with Crippen molar-refractivity contribution in [1.82, 2.24) is 4.98 Å². The minimum Gasteiger partial charge on any atom is -0.491 e. The Morgan fingerprint density at radius 1 is 1.06 bits per heavy atom. The molecule has 0 amide bonds. The average molecular weight is 452 g/mol. The highest BCUT2D eigenvalue weighted by atomic mass is 19.1. The number of aryl methyl sites for hydroxylation is 2. The lowest BCUT2D eigenvalue weighted by atomic mass is 9.94. The lowest BCUT2D eigenvalue weighted by Gasteiger charge is -2.16. The Bertz CT molecular complexity index is 1120. The van der Waals surface area contributed by atoms with E-state index in [1.54, 1.807) is 6.07 Å². The highest BCUT2D eigenvalue weighted by Crippen LogP contribution is 2.33. The Labute approximate surface area is 193 Å². The number of halogens is 1. The molecule has 0 bridgehead atoms. The van der Waals surface area contributed by atoms with Gasteiger partial charge in [0.25, 0.3) is 0 Å². The van der Waals surface area contributed by atoms with Crippen LogP contribution in [-0.2, 0) is 19.4 Å². The summed E-state index contributed by atoms with van der Waals surface area (Å²) in [6, 6.07) is 10.8. The van der Waals surface area contributed by atoms with Crippen LogP contribution in [0.2, 0.25) is 0 Å². The second kappa shape index (κ2) is 9.89. The van der Waals surface area contributed by atoms with Crippen molar-refractivity contribution in [1.29, 1.82) is 0 Å². The van der Waals surface area contributed by atoms with Crippen molar-refractivity contribution >= 4 is 0 Å². The monoisotopic (exact) mass is 451 g/mol. The molecule has 0 aliphatic heterocycles. The number of benzene rings is 2. The first kappa shape index (κ1) is 23.2. The van der Waals surface area contributed by atoms with Crippen molar-refractivity contribution < 1.29 is 24.1 Å². The molecular formula is C27H30FNO4. The fraction of sp³-hybridized carbons (Fsp3) is 0.370. The Morgan fingerprint density at radius 2 is 1.79 bits per heavy atom. The van der Waals surface area contributed by atoms with Gasteiger partial charge in [0.2, 0.25) is 5.88 Å². The van der Waals surface area contributed by atoms with Gasteiger partial charge >= 0.3 is 0 Å². The van der Waals surface area contributed by atoms with E-state index in [2.05, 4.69) is 11.9 Å². The molecule has 1 aliphatic carbocycles. The second-order valence-electron chi connectivity index (χ2n) is 8.98. The molecule has 5 nitrogen and oxygen atoms in total. The number of aliphatic hydroxyl groups is 2. The summed E-state index contributed by atoms with van der Waals surface area (Å²) in [6.45, 7) is 5.92. The molecule has 1 heterocycles. The number of nitrogens with zero attached hydrogens (tertiary/aromatic N) is 1.